The first kappa shape index (κ1) is 29.1. The minimum Gasteiger partial charge on any atom is -0.435 e. The molecule has 11 nitrogen and oxygen atoms in total. The van der Waals surface area contributed by atoms with Gasteiger partial charge in [-0.25, -0.2) is 9.59 Å². The van der Waals surface area contributed by atoms with Crippen molar-refractivity contribution in [3.05, 3.63) is 35.9 Å². The summed E-state index contributed by atoms with van der Waals surface area (Å²) in [6.07, 6.45) is -0.637. The van der Waals surface area contributed by atoms with Crippen LogP contribution in [0.3, 0.4) is 0 Å². The van der Waals surface area contributed by atoms with Gasteiger partial charge in [0, 0.05) is 25.0 Å². The van der Waals surface area contributed by atoms with Gasteiger partial charge in [0.15, 0.2) is 6.10 Å². The van der Waals surface area contributed by atoms with Gasteiger partial charge < -0.3 is 25.0 Å². The molecule has 3 atom stereocenters. The van der Waals surface area contributed by atoms with Crippen molar-refractivity contribution < 1.29 is 33.4 Å². The van der Waals surface area contributed by atoms with E-state index in [9.17, 15) is 24.0 Å². The van der Waals surface area contributed by atoms with Crippen LogP contribution >= 0.6 is 0 Å². The van der Waals surface area contributed by atoms with Gasteiger partial charge in [-0.1, -0.05) is 63.9 Å². The number of urea groups is 1. The van der Waals surface area contributed by atoms with Crippen LogP contribution < -0.4 is 10.6 Å². The number of ketones is 1. The first-order valence-corrected chi connectivity index (χ1v) is 13.1. The van der Waals surface area contributed by atoms with E-state index < -0.39 is 53.3 Å². The van der Waals surface area contributed by atoms with Gasteiger partial charge in [-0.15, -0.1) is 0 Å². The van der Waals surface area contributed by atoms with E-state index in [1.165, 1.54) is 4.90 Å². The summed E-state index contributed by atoms with van der Waals surface area (Å²) < 4.78 is 10.7. The van der Waals surface area contributed by atoms with E-state index in [2.05, 4.69) is 10.6 Å². The molecule has 0 aromatic heterocycles. The third-order valence-electron chi connectivity index (χ3n) is 6.83. The minimum atomic E-state index is -1.22. The second-order valence-electron chi connectivity index (χ2n) is 10.4. The summed E-state index contributed by atoms with van der Waals surface area (Å²) in [7, 11) is 0. The zero-order valence-electron chi connectivity index (χ0n) is 22.5. The Bertz CT molecular complexity index is 1020. The van der Waals surface area contributed by atoms with E-state index in [0.717, 1.165) is 16.9 Å². The molecule has 0 radical (unpaired) electrons. The van der Waals surface area contributed by atoms with Gasteiger partial charge in [-0.3, -0.25) is 19.3 Å². The number of morpholine rings is 1. The standard InChI is InChI=1S/C27H38N4O7/c1-5-6-12-20(21(32)23(33)28-18(2)19-10-8-7-9-11-19)29-25(35)38-22-24(34)31(17-27(22,3)4)26(36)30-13-15-37-16-14-30/h7-11,18,20,22H,5-6,12-17H2,1-4H3,(H,28,33)(H,29,35)/t18-,20+,22-/m1/s1. The second kappa shape index (κ2) is 12.9. The highest BCUT2D eigenvalue weighted by Crippen LogP contribution is 2.34. The molecule has 1 aromatic rings. The summed E-state index contributed by atoms with van der Waals surface area (Å²) in [5.41, 5.74) is -0.00815. The van der Waals surface area contributed by atoms with E-state index in [-0.39, 0.29) is 13.0 Å². The van der Waals surface area contributed by atoms with Crippen molar-refractivity contribution in [3.8, 4) is 0 Å². The van der Waals surface area contributed by atoms with Crippen LogP contribution in [0.2, 0.25) is 0 Å². The number of carbonyl (C=O) groups excluding carboxylic acids is 5. The van der Waals surface area contributed by atoms with Crippen LogP contribution in [0.25, 0.3) is 0 Å². The van der Waals surface area contributed by atoms with Crippen molar-refractivity contribution in [2.45, 2.75) is 65.1 Å². The quantitative estimate of drug-likeness (QED) is 0.468. The molecule has 1 aromatic carbocycles. The Morgan fingerprint density at radius 3 is 2.39 bits per heavy atom. The number of likely N-dealkylation sites (tertiary alicyclic amines) is 1. The number of amides is 5. The predicted molar refractivity (Wildman–Crippen MR) is 138 cm³/mol. The molecule has 5 amide bonds. The molecule has 2 heterocycles. The van der Waals surface area contributed by atoms with Crippen molar-refractivity contribution >= 4 is 29.7 Å². The maximum Gasteiger partial charge on any atom is 0.408 e. The Balaban J connectivity index is 1.63. The Kier molecular flexibility index (Phi) is 9.84. The first-order valence-electron chi connectivity index (χ1n) is 13.1. The van der Waals surface area contributed by atoms with E-state index in [1.54, 1.807) is 20.8 Å². The van der Waals surface area contributed by atoms with Gasteiger partial charge in [0.2, 0.25) is 5.78 Å². The fraction of sp³-hybridized carbons (Fsp3) is 0.593. The van der Waals surface area contributed by atoms with Crippen molar-refractivity contribution in [2.24, 2.45) is 5.41 Å². The monoisotopic (exact) mass is 530 g/mol. The fourth-order valence-electron chi connectivity index (χ4n) is 4.55. The van der Waals surface area contributed by atoms with Crippen molar-refractivity contribution in [2.75, 3.05) is 32.8 Å². The lowest BCUT2D eigenvalue weighted by Crippen LogP contribution is -2.50. The fourth-order valence-corrected chi connectivity index (χ4v) is 4.55. The largest absolute Gasteiger partial charge is 0.435 e. The highest BCUT2D eigenvalue weighted by molar-refractivity contribution is 6.38. The number of nitrogens with zero attached hydrogens (tertiary/aromatic N) is 2. The average molecular weight is 531 g/mol. The van der Waals surface area contributed by atoms with Crippen molar-refractivity contribution in [1.29, 1.82) is 0 Å². The molecule has 0 spiro atoms. The number of hydrogen-bond acceptors (Lipinski definition) is 7. The molecule has 2 aliphatic rings. The SMILES string of the molecule is CCCC[C@H](NC(=O)O[C@@H]1C(=O)N(C(=O)N2CCOCC2)CC1(C)C)C(=O)C(=O)N[C@H](C)c1ccccc1. The number of benzene rings is 1. The van der Waals surface area contributed by atoms with Crippen LogP contribution in [0.4, 0.5) is 9.59 Å². The van der Waals surface area contributed by atoms with E-state index >= 15 is 0 Å². The third kappa shape index (κ3) is 7.09. The number of carbonyl (C=O) groups is 5. The molecule has 2 fully saturated rings. The Labute approximate surface area is 223 Å². The summed E-state index contributed by atoms with van der Waals surface area (Å²) in [5.74, 6) is -2.23. The van der Waals surface area contributed by atoms with Crippen LogP contribution in [-0.4, -0.2) is 84.5 Å². The lowest BCUT2D eigenvalue weighted by atomic mass is 9.90. The number of hydrogen-bond donors (Lipinski definition) is 2. The van der Waals surface area contributed by atoms with Crippen LogP contribution in [0.1, 0.15) is 58.6 Å². The molecule has 11 heteroatoms. The Morgan fingerprint density at radius 2 is 1.76 bits per heavy atom. The number of rotatable bonds is 9. The van der Waals surface area contributed by atoms with Gasteiger partial charge in [0.25, 0.3) is 11.8 Å². The van der Waals surface area contributed by atoms with E-state index in [0.29, 0.717) is 32.7 Å². The predicted octanol–water partition coefficient (Wildman–Crippen LogP) is 2.41. The normalized spacial score (nSPS) is 20.4. The molecule has 2 N–H and O–H groups in total. The number of Topliss-reactive ketones (excluding diaryl/α,β-unsaturated/α-hetero) is 1. The summed E-state index contributed by atoms with van der Waals surface area (Å²) in [5, 5.41) is 5.16. The Morgan fingerprint density at radius 1 is 1.11 bits per heavy atom. The summed E-state index contributed by atoms with van der Waals surface area (Å²) in [6.45, 7) is 8.77. The Hall–Kier alpha value is -3.47. The van der Waals surface area contributed by atoms with E-state index in [1.807, 2.05) is 37.3 Å². The maximum atomic E-state index is 13.1. The second-order valence-corrected chi connectivity index (χ2v) is 10.4. The average Bonchev–Trinajstić information content (AvgIpc) is 3.14. The molecule has 0 bridgehead atoms. The third-order valence-corrected chi connectivity index (χ3v) is 6.83. The lowest BCUT2D eigenvalue weighted by Gasteiger charge is -2.30. The minimum absolute atomic E-state index is 0.0813. The molecule has 2 aliphatic heterocycles. The molecule has 0 unspecified atom stereocenters. The summed E-state index contributed by atoms with van der Waals surface area (Å²) in [4.78, 5) is 67.2. The zero-order valence-corrected chi connectivity index (χ0v) is 22.5. The number of unbranched alkanes of at least 4 members (excludes halogenated alkanes) is 1. The van der Waals surface area contributed by atoms with Crippen LogP contribution in [0.5, 0.6) is 0 Å². The molecule has 0 aliphatic carbocycles. The summed E-state index contributed by atoms with van der Waals surface area (Å²) >= 11 is 0. The summed E-state index contributed by atoms with van der Waals surface area (Å²) in [6, 6.07) is 7.24. The lowest BCUT2D eigenvalue weighted by molar-refractivity contribution is -0.139. The van der Waals surface area contributed by atoms with Crippen LogP contribution in [-0.2, 0) is 23.9 Å². The molecule has 3 rings (SSSR count). The molecular formula is C27H38N4O7. The van der Waals surface area contributed by atoms with Crippen molar-refractivity contribution in [1.82, 2.24) is 20.4 Å². The molecule has 38 heavy (non-hydrogen) atoms. The van der Waals surface area contributed by atoms with Gasteiger partial charge in [-0.2, -0.15) is 0 Å². The highest BCUT2D eigenvalue weighted by Gasteiger charge is 2.52. The highest BCUT2D eigenvalue weighted by atomic mass is 16.6. The van der Waals surface area contributed by atoms with Gasteiger partial charge in [-0.05, 0) is 18.9 Å². The number of nitrogens with one attached hydrogen (secondary N) is 2. The molecule has 208 valence electrons. The molecule has 2 saturated heterocycles. The van der Waals surface area contributed by atoms with E-state index in [4.69, 9.17) is 9.47 Å². The van der Waals surface area contributed by atoms with Crippen LogP contribution in [0, 0.1) is 5.41 Å². The van der Waals surface area contributed by atoms with Gasteiger partial charge in [0.05, 0.1) is 19.3 Å². The van der Waals surface area contributed by atoms with Crippen LogP contribution in [0.15, 0.2) is 30.3 Å². The van der Waals surface area contributed by atoms with Crippen molar-refractivity contribution in [3.63, 3.8) is 0 Å². The number of alkyl carbamates (subject to hydrolysis) is 1. The topological polar surface area (TPSA) is 134 Å². The molecule has 0 saturated carbocycles. The number of imide groups is 1. The van der Waals surface area contributed by atoms with Gasteiger partial charge >= 0.3 is 12.1 Å². The smallest absolute Gasteiger partial charge is 0.408 e. The first-order chi connectivity index (χ1) is 18.0. The number of ether oxygens (including phenoxy) is 2. The van der Waals surface area contributed by atoms with Gasteiger partial charge in [0.1, 0.15) is 6.04 Å². The maximum absolute atomic E-state index is 13.1. The molecular weight excluding hydrogens is 492 g/mol. The zero-order chi connectivity index (χ0) is 27.9.